The van der Waals surface area contributed by atoms with Crippen molar-refractivity contribution in [3.63, 3.8) is 0 Å². The summed E-state index contributed by atoms with van der Waals surface area (Å²) >= 11 is 0. The molecule has 5 heteroatoms. The molecule has 0 aromatic heterocycles. The van der Waals surface area contributed by atoms with Gasteiger partial charge in [-0.3, -0.25) is 9.59 Å². The van der Waals surface area contributed by atoms with E-state index >= 15 is 0 Å². The summed E-state index contributed by atoms with van der Waals surface area (Å²) in [5.41, 5.74) is 1.87. The van der Waals surface area contributed by atoms with Gasteiger partial charge in [-0.25, -0.2) is 0 Å². The fraction of sp³-hybridized carbons (Fsp3) is 0.217. The zero-order valence-electron chi connectivity index (χ0n) is 15.8. The van der Waals surface area contributed by atoms with Crippen molar-refractivity contribution in [1.82, 2.24) is 10.2 Å². The number of carbonyl (C=O) groups excluding carboxylic acids is 2. The Morgan fingerprint density at radius 3 is 2.39 bits per heavy atom. The van der Waals surface area contributed by atoms with Crippen LogP contribution in [0.5, 0.6) is 0 Å². The van der Waals surface area contributed by atoms with Crippen LogP contribution < -0.4 is 5.32 Å². The highest BCUT2D eigenvalue weighted by molar-refractivity contribution is 5.92. The van der Waals surface area contributed by atoms with Crippen molar-refractivity contribution in [1.29, 1.82) is 0 Å². The van der Waals surface area contributed by atoms with Crippen LogP contribution in [0.1, 0.15) is 11.1 Å². The SMILES string of the molecule is CN(Cc1ccccc1)C(=O)C(CO)NC(=O)Cc1cccc2ccccc12. The van der Waals surface area contributed by atoms with Gasteiger partial charge in [0.15, 0.2) is 0 Å². The van der Waals surface area contributed by atoms with Crippen LogP contribution in [0.4, 0.5) is 0 Å². The van der Waals surface area contributed by atoms with Gasteiger partial charge in [0.25, 0.3) is 0 Å². The molecule has 1 unspecified atom stereocenters. The zero-order chi connectivity index (χ0) is 19.9. The van der Waals surface area contributed by atoms with E-state index in [1.165, 1.54) is 4.90 Å². The summed E-state index contributed by atoms with van der Waals surface area (Å²) in [5, 5.41) is 14.4. The number of likely N-dealkylation sites (N-methyl/N-ethyl adjacent to an activating group) is 1. The second-order valence-electron chi connectivity index (χ2n) is 6.80. The van der Waals surface area contributed by atoms with Crippen LogP contribution in [0.3, 0.4) is 0 Å². The van der Waals surface area contributed by atoms with Crippen molar-refractivity contribution in [3.8, 4) is 0 Å². The third kappa shape index (κ3) is 4.75. The standard InChI is InChI=1S/C23H24N2O3/c1-25(15-17-8-3-2-4-9-17)23(28)21(16-26)24-22(27)14-19-12-7-11-18-10-5-6-13-20(18)19/h2-13,21,26H,14-16H2,1H3,(H,24,27). The minimum absolute atomic E-state index is 0.146. The molecule has 0 spiro atoms. The fourth-order valence-corrected chi connectivity index (χ4v) is 3.25. The molecule has 0 bridgehead atoms. The number of fused-ring (bicyclic) bond motifs is 1. The summed E-state index contributed by atoms with van der Waals surface area (Å²) in [5.74, 6) is -0.616. The molecule has 5 nitrogen and oxygen atoms in total. The van der Waals surface area contributed by atoms with Crippen LogP contribution in [-0.4, -0.2) is 41.5 Å². The first-order valence-electron chi connectivity index (χ1n) is 9.24. The van der Waals surface area contributed by atoms with Crippen molar-refractivity contribution in [2.24, 2.45) is 0 Å². The average molecular weight is 376 g/mol. The van der Waals surface area contributed by atoms with Gasteiger partial charge in [0.1, 0.15) is 6.04 Å². The van der Waals surface area contributed by atoms with Crippen molar-refractivity contribution in [3.05, 3.63) is 83.9 Å². The molecule has 0 saturated carbocycles. The van der Waals surface area contributed by atoms with Gasteiger partial charge in [-0.05, 0) is 21.9 Å². The number of aliphatic hydroxyl groups excluding tert-OH is 1. The third-order valence-corrected chi connectivity index (χ3v) is 4.69. The molecule has 28 heavy (non-hydrogen) atoms. The van der Waals surface area contributed by atoms with Gasteiger partial charge in [0, 0.05) is 13.6 Å². The van der Waals surface area contributed by atoms with Crippen molar-refractivity contribution >= 4 is 22.6 Å². The number of hydrogen-bond acceptors (Lipinski definition) is 3. The first-order valence-corrected chi connectivity index (χ1v) is 9.24. The normalized spacial score (nSPS) is 11.8. The lowest BCUT2D eigenvalue weighted by Gasteiger charge is -2.23. The monoisotopic (exact) mass is 376 g/mol. The third-order valence-electron chi connectivity index (χ3n) is 4.69. The van der Waals surface area contributed by atoms with Crippen LogP contribution in [0, 0.1) is 0 Å². The summed E-state index contributed by atoms with van der Waals surface area (Å²) in [4.78, 5) is 26.7. The van der Waals surface area contributed by atoms with Gasteiger partial charge in [0.05, 0.1) is 13.0 Å². The number of benzene rings is 3. The molecule has 3 rings (SSSR count). The van der Waals surface area contributed by atoms with E-state index in [0.717, 1.165) is 21.9 Å². The van der Waals surface area contributed by atoms with Crippen LogP contribution in [0.25, 0.3) is 10.8 Å². The highest BCUT2D eigenvalue weighted by atomic mass is 16.3. The minimum Gasteiger partial charge on any atom is -0.394 e. The minimum atomic E-state index is -0.962. The maximum atomic E-state index is 12.6. The molecule has 0 aliphatic heterocycles. The van der Waals surface area contributed by atoms with Crippen molar-refractivity contribution in [2.45, 2.75) is 19.0 Å². The van der Waals surface area contributed by atoms with Crippen LogP contribution in [0.2, 0.25) is 0 Å². The Bertz CT molecular complexity index is 951. The summed E-state index contributed by atoms with van der Waals surface area (Å²) in [6.45, 7) is -0.0331. The topological polar surface area (TPSA) is 69.6 Å². The van der Waals surface area contributed by atoms with E-state index in [1.807, 2.05) is 72.8 Å². The molecule has 2 N–H and O–H groups in total. The molecule has 3 aromatic rings. The van der Waals surface area contributed by atoms with Gasteiger partial charge < -0.3 is 15.3 Å². The zero-order valence-corrected chi connectivity index (χ0v) is 15.8. The average Bonchev–Trinajstić information content (AvgIpc) is 2.72. The molecule has 0 saturated heterocycles. The Morgan fingerprint density at radius 2 is 1.64 bits per heavy atom. The Balaban J connectivity index is 1.64. The first kappa shape index (κ1) is 19.6. The van der Waals surface area contributed by atoms with Gasteiger partial charge >= 0.3 is 0 Å². The quantitative estimate of drug-likeness (QED) is 0.666. The van der Waals surface area contributed by atoms with Crippen molar-refractivity contribution < 1.29 is 14.7 Å². The fourth-order valence-electron chi connectivity index (χ4n) is 3.25. The van der Waals surface area contributed by atoms with Crippen LogP contribution in [0.15, 0.2) is 72.8 Å². The Kier molecular flexibility index (Phi) is 6.40. The molecule has 2 amide bonds. The van der Waals surface area contributed by atoms with E-state index in [0.29, 0.717) is 6.54 Å². The first-order chi connectivity index (χ1) is 13.6. The second kappa shape index (κ2) is 9.15. The molecular formula is C23H24N2O3. The number of amides is 2. The predicted molar refractivity (Wildman–Crippen MR) is 110 cm³/mol. The maximum Gasteiger partial charge on any atom is 0.247 e. The largest absolute Gasteiger partial charge is 0.394 e. The van der Waals surface area contributed by atoms with Crippen molar-refractivity contribution in [2.75, 3.05) is 13.7 Å². The molecule has 0 heterocycles. The lowest BCUT2D eigenvalue weighted by atomic mass is 10.0. The number of carbonyl (C=O) groups is 2. The molecule has 1 atom stereocenters. The van der Waals surface area contributed by atoms with E-state index in [1.54, 1.807) is 7.05 Å². The molecule has 0 radical (unpaired) electrons. The summed E-state index contributed by atoms with van der Waals surface area (Å²) in [7, 11) is 1.66. The number of nitrogens with zero attached hydrogens (tertiary/aromatic N) is 1. The summed E-state index contributed by atoms with van der Waals surface area (Å²) in [6.07, 6.45) is 0.146. The second-order valence-corrected chi connectivity index (χ2v) is 6.80. The molecule has 144 valence electrons. The van der Waals surface area contributed by atoms with E-state index in [-0.39, 0.29) is 18.2 Å². The smallest absolute Gasteiger partial charge is 0.247 e. The molecule has 3 aromatic carbocycles. The number of hydrogen-bond donors (Lipinski definition) is 2. The predicted octanol–water partition coefficient (Wildman–Crippen LogP) is 2.52. The summed E-state index contributed by atoms with van der Waals surface area (Å²) in [6, 6.07) is 22.3. The lowest BCUT2D eigenvalue weighted by molar-refractivity contribution is -0.136. The number of aliphatic hydroxyl groups is 1. The Morgan fingerprint density at radius 1 is 0.964 bits per heavy atom. The summed E-state index contributed by atoms with van der Waals surface area (Å²) < 4.78 is 0. The van der Waals surface area contributed by atoms with E-state index < -0.39 is 12.6 Å². The Hall–Kier alpha value is -3.18. The van der Waals surface area contributed by atoms with Gasteiger partial charge in [-0.2, -0.15) is 0 Å². The number of nitrogens with one attached hydrogen (secondary N) is 1. The highest BCUT2D eigenvalue weighted by Crippen LogP contribution is 2.19. The van der Waals surface area contributed by atoms with Crippen LogP contribution in [-0.2, 0) is 22.6 Å². The van der Waals surface area contributed by atoms with E-state index in [9.17, 15) is 14.7 Å². The number of rotatable bonds is 7. The Labute approximate surface area is 164 Å². The molecular weight excluding hydrogens is 352 g/mol. The molecule has 0 fully saturated rings. The van der Waals surface area contributed by atoms with Gasteiger partial charge in [-0.1, -0.05) is 72.8 Å². The molecule has 0 aliphatic carbocycles. The molecule has 0 aliphatic rings. The van der Waals surface area contributed by atoms with E-state index in [2.05, 4.69) is 5.32 Å². The van der Waals surface area contributed by atoms with Gasteiger partial charge in [-0.15, -0.1) is 0 Å². The highest BCUT2D eigenvalue weighted by Gasteiger charge is 2.23. The van der Waals surface area contributed by atoms with Crippen LogP contribution >= 0.6 is 0 Å². The maximum absolute atomic E-state index is 12.6. The lowest BCUT2D eigenvalue weighted by Crippen LogP contribution is -2.49. The van der Waals surface area contributed by atoms with Gasteiger partial charge in [0.2, 0.25) is 11.8 Å². The van der Waals surface area contributed by atoms with E-state index in [4.69, 9.17) is 0 Å².